The van der Waals surface area contributed by atoms with Gasteiger partial charge >= 0.3 is 0 Å². The number of ether oxygens (including phenoxy) is 3. The van der Waals surface area contributed by atoms with Crippen molar-refractivity contribution in [2.75, 3.05) is 14.2 Å². The normalized spacial score (nSPS) is 22.5. The molecule has 6 heteroatoms. The Balaban J connectivity index is 2.33. The fraction of sp³-hybridized carbons (Fsp3) is 0.364. The molecule has 1 aromatic carbocycles. The molecule has 0 saturated carbocycles. The molecule has 0 spiro atoms. The second-order valence-corrected chi connectivity index (χ2v) is 4.34. The van der Waals surface area contributed by atoms with E-state index in [1.807, 2.05) is 0 Å². The molecule has 0 aromatic heterocycles. The summed E-state index contributed by atoms with van der Waals surface area (Å²) in [6.07, 6.45) is 0. The maximum Gasteiger partial charge on any atom is 0.271 e. The number of hydrazone groups is 1. The van der Waals surface area contributed by atoms with Crippen LogP contribution < -0.4 is 14.9 Å². The van der Waals surface area contributed by atoms with E-state index in [1.54, 1.807) is 39.3 Å². The summed E-state index contributed by atoms with van der Waals surface area (Å²) in [5.41, 5.74) is 3.38. The van der Waals surface area contributed by atoms with E-state index < -0.39 is 5.18 Å². The molecule has 0 saturated heterocycles. The van der Waals surface area contributed by atoms with E-state index in [-0.39, 0.29) is 0 Å². The van der Waals surface area contributed by atoms with Gasteiger partial charge < -0.3 is 14.2 Å². The van der Waals surface area contributed by atoms with Gasteiger partial charge in [-0.15, -0.1) is 5.10 Å². The molecule has 1 atom stereocenters. The number of nitrogens with zero attached hydrogens (tertiary/aromatic N) is 1. The molecule has 0 radical (unpaired) electrons. The van der Waals surface area contributed by atoms with Crippen LogP contribution >= 0.6 is 11.6 Å². The largest absolute Gasteiger partial charge is 0.497 e. The van der Waals surface area contributed by atoms with E-state index in [0.717, 1.165) is 0 Å². The molecule has 0 bridgehead atoms. The molecule has 92 valence electrons. The highest BCUT2D eigenvalue weighted by Crippen LogP contribution is 2.29. The summed E-state index contributed by atoms with van der Waals surface area (Å²) < 4.78 is 15.8. The van der Waals surface area contributed by atoms with Gasteiger partial charge in [0.15, 0.2) is 0 Å². The molecule has 1 unspecified atom stereocenters. The molecule has 1 aliphatic rings. The zero-order valence-electron chi connectivity index (χ0n) is 9.78. The lowest BCUT2D eigenvalue weighted by molar-refractivity contribution is 0.162. The Hall–Kier alpha value is -1.62. The summed E-state index contributed by atoms with van der Waals surface area (Å²) in [5, 5.41) is 3.00. The van der Waals surface area contributed by atoms with Gasteiger partial charge in [0.2, 0.25) is 5.90 Å². The van der Waals surface area contributed by atoms with Gasteiger partial charge in [-0.2, -0.15) is 0 Å². The minimum Gasteiger partial charge on any atom is -0.497 e. The van der Waals surface area contributed by atoms with Gasteiger partial charge in [-0.25, -0.2) is 0 Å². The van der Waals surface area contributed by atoms with Gasteiger partial charge in [0.1, 0.15) is 11.5 Å². The van der Waals surface area contributed by atoms with Crippen LogP contribution in [0.2, 0.25) is 0 Å². The van der Waals surface area contributed by atoms with Crippen molar-refractivity contribution in [3.8, 4) is 11.5 Å². The van der Waals surface area contributed by atoms with E-state index >= 15 is 0 Å². The standard InChI is InChI=1S/C11H13ClN2O3/c1-11(12)14-13-10(17-11)8-5-4-7(15-2)6-9(8)16-3/h4-6,14H,1-3H3. The Morgan fingerprint density at radius 3 is 2.65 bits per heavy atom. The first-order valence-corrected chi connectivity index (χ1v) is 5.39. The molecular formula is C11H13ClN2O3. The van der Waals surface area contributed by atoms with Crippen LogP contribution in [0.5, 0.6) is 11.5 Å². The Bertz CT molecular complexity index is 460. The summed E-state index contributed by atoms with van der Waals surface area (Å²) in [4.78, 5) is 0. The van der Waals surface area contributed by atoms with Crippen LogP contribution in [-0.2, 0) is 4.74 Å². The van der Waals surface area contributed by atoms with Gasteiger partial charge in [-0.05, 0) is 23.7 Å². The maximum atomic E-state index is 5.95. The number of methoxy groups -OCH3 is 2. The third kappa shape index (κ3) is 2.39. The lowest BCUT2D eigenvalue weighted by Crippen LogP contribution is -2.30. The van der Waals surface area contributed by atoms with Crippen LogP contribution in [0.4, 0.5) is 0 Å². The third-order valence-corrected chi connectivity index (χ3v) is 2.45. The molecule has 1 N–H and O–H groups in total. The van der Waals surface area contributed by atoms with Gasteiger partial charge in [0.25, 0.3) is 5.18 Å². The fourth-order valence-corrected chi connectivity index (χ4v) is 1.58. The lowest BCUT2D eigenvalue weighted by atomic mass is 10.2. The van der Waals surface area contributed by atoms with Crippen LogP contribution in [0.1, 0.15) is 12.5 Å². The molecular weight excluding hydrogens is 244 g/mol. The Morgan fingerprint density at radius 2 is 2.12 bits per heavy atom. The Kier molecular flexibility index (Phi) is 3.02. The van der Waals surface area contributed by atoms with Crippen LogP contribution in [0.3, 0.4) is 0 Å². The maximum absolute atomic E-state index is 5.95. The van der Waals surface area contributed by atoms with Crippen molar-refractivity contribution >= 4 is 17.5 Å². The number of nitrogens with one attached hydrogen (secondary N) is 1. The number of alkyl halides is 1. The lowest BCUT2D eigenvalue weighted by Gasteiger charge is -2.15. The number of rotatable bonds is 3. The SMILES string of the molecule is COc1ccc(C2=NNC(C)(Cl)O2)c(OC)c1. The minimum absolute atomic E-state index is 0.391. The summed E-state index contributed by atoms with van der Waals surface area (Å²) in [6.45, 7) is 1.67. The van der Waals surface area contributed by atoms with Crippen LogP contribution in [-0.4, -0.2) is 25.3 Å². The van der Waals surface area contributed by atoms with Gasteiger partial charge in [0, 0.05) is 13.0 Å². The van der Waals surface area contributed by atoms with Gasteiger partial charge in [-0.1, -0.05) is 0 Å². The van der Waals surface area contributed by atoms with E-state index in [2.05, 4.69) is 10.5 Å². The van der Waals surface area contributed by atoms with Crippen LogP contribution in [0, 0.1) is 0 Å². The second-order valence-electron chi connectivity index (χ2n) is 3.61. The van der Waals surface area contributed by atoms with E-state index in [9.17, 15) is 0 Å². The Morgan fingerprint density at radius 1 is 1.35 bits per heavy atom. The van der Waals surface area contributed by atoms with Crippen molar-refractivity contribution in [3.05, 3.63) is 23.8 Å². The average molecular weight is 257 g/mol. The highest BCUT2D eigenvalue weighted by molar-refractivity contribution is 6.23. The quantitative estimate of drug-likeness (QED) is 0.663. The second kappa shape index (κ2) is 4.33. The number of hydrogen-bond donors (Lipinski definition) is 1. The fourth-order valence-electron chi connectivity index (χ4n) is 1.47. The number of hydrogen-bond acceptors (Lipinski definition) is 5. The van der Waals surface area contributed by atoms with E-state index in [0.29, 0.717) is 23.0 Å². The predicted molar refractivity (Wildman–Crippen MR) is 64.6 cm³/mol. The molecule has 2 rings (SSSR count). The summed E-state index contributed by atoms with van der Waals surface area (Å²) in [5.74, 6) is 1.70. The van der Waals surface area contributed by atoms with Crippen molar-refractivity contribution in [1.29, 1.82) is 0 Å². The summed E-state index contributed by atoms with van der Waals surface area (Å²) >= 11 is 5.95. The average Bonchev–Trinajstić information content (AvgIpc) is 2.68. The minimum atomic E-state index is -1.01. The summed E-state index contributed by atoms with van der Waals surface area (Å²) in [6, 6.07) is 5.36. The van der Waals surface area contributed by atoms with Crippen LogP contribution in [0.25, 0.3) is 0 Å². The van der Waals surface area contributed by atoms with Crippen molar-refractivity contribution in [3.63, 3.8) is 0 Å². The monoisotopic (exact) mass is 256 g/mol. The van der Waals surface area contributed by atoms with Crippen molar-refractivity contribution in [2.24, 2.45) is 5.10 Å². The van der Waals surface area contributed by atoms with Crippen molar-refractivity contribution in [2.45, 2.75) is 12.1 Å². The Labute approximate surface area is 104 Å². The molecule has 1 aliphatic heterocycles. The summed E-state index contributed by atoms with van der Waals surface area (Å²) in [7, 11) is 3.16. The van der Waals surface area contributed by atoms with Crippen molar-refractivity contribution < 1.29 is 14.2 Å². The molecule has 1 heterocycles. The smallest absolute Gasteiger partial charge is 0.271 e. The molecule has 1 aromatic rings. The van der Waals surface area contributed by atoms with E-state index in [1.165, 1.54) is 0 Å². The molecule has 0 fully saturated rings. The van der Waals surface area contributed by atoms with E-state index in [4.69, 9.17) is 25.8 Å². The topological polar surface area (TPSA) is 52.1 Å². The molecule has 17 heavy (non-hydrogen) atoms. The molecule has 0 amide bonds. The van der Waals surface area contributed by atoms with Gasteiger partial charge in [-0.3, -0.25) is 5.43 Å². The highest BCUT2D eigenvalue weighted by Gasteiger charge is 2.31. The predicted octanol–water partition coefficient (Wildman–Crippen LogP) is 1.90. The number of halogens is 1. The molecule has 0 aliphatic carbocycles. The number of benzene rings is 1. The molecule has 5 nitrogen and oxygen atoms in total. The third-order valence-electron chi connectivity index (χ3n) is 2.28. The zero-order valence-corrected chi connectivity index (χ0v) is 10.5. The zero-order chi connectivity index (χ0) is 12.5. The first kappa shape index (κ1) is 11.9. The first-order chi connectivity index (χ1) is 8.05. The van der Waals surface area contributed by atoms with Crippen LogP contribution in [0.15, 0.2) is 23.3 Å². The van der Waals surface area contributed by atoms with Gasteiger partial charge in [0.05, 0.1) is 19.8 Å². The highest BCUT2D eigenvalue weighted by atomic mass is 35.5. The first-order valence-electron chi connectivity index (χ1n) is 5.01. The van der Waals surface area contributed by atoms with Crippen molar-refractivity contribution in [1.82, 2.24) is 5.43 Å².